The van der Waals surface area contributed by atoms with E-state index in [2.05, 4.69) is 94.2 Å². The van der Waals surface area contributed by atoms with Gasteiger partial charge in [-0.25, -0.2) is 0 Å². The number of nitrogens with one attached hydrogen (secondary N) is 2. The molecule has 0 aliphatic rings. The van der Waals surface area contributed by atoms with Crippen LogP contribution in [0, 0.1) is 0 Å². The molecule has 2 N–H and O–H groups in total. The predicted molar refractivity (Wildman–Crippen MR) is 123 cm³/mol. The molecule has 2 aromatic carbocycles. The fraction of sp³-hybridized carbons (Fsp3) is 0.333. The quantitative estimate of drug-likeness (QED) is 0.425. The molecule has 0 aliphatic heterocycles. The fourth-order valence-electron chi connectivity index (χ4n) is 3.28. The second-order valence-corrected chi connectivity index (χ2v) is 7.53. The molecule has 0 radical (unpaired) electrons. The van der Waals surface area contributed by atoms with E-state index in [1.165, 1.54) is 16.7 Å². The van der Waals surface area contributed by atoms with Crippen molar-refractivity contribution in [3.05, 3.63) is 89.7 Å². The average Bonchev–Trinajstić information content (AvgIpc) is 3.28. The minimum atomic E-state index is 0.371. The van der Waals surface area contributed by atoms with E-state index in [1.807, 2.05) is 30.2 Å². The van der Waals surface area contributed by atoms with Crippen LogP contribution in [-0.4, -0.2) is 47.3 Å². The van der Waals surface area contributed by atoms with E-state index in [-0.39, 0.29) is 0 Å². The van der Waals surface area contributed by atoms with E-state index in [4.69, 9.17) is 0 Å². The van der Waals surface area contributed by atoms with Gasteiger partial charge in [-0.1, -0.05) is 54.6 Å². The Hall–Kier alpha value is -3.12. The van der Waals surface area contributed by atoms with Gasteiger partial charge in [0.05, 0.1) is 6.54 Å². The number of aliphatic imine (C=N–C) groups is 1. The topological polar surface area (TPSA) is 57.5 Å². The van der Waals surface area contributed by atoms with Gasteiger partial charge in [-0.05, 0) is 36.7 Å². The van der Waals surface area contributed by atoms with Crippen molar-refractivity contribution >= 4 is 5.96 Å². The van der Waals surface area contributed by atoms with Crippen LogP contribution in [-0.2, 0) is 19.6 Å². The molecule has 0 saturated heterocycles. The Kier molecular flexibility index (Phi) is 8.03. The van der Waals surface area contributed by atoms with Gasteiger partial charge in [0.2, 0.25) is 0 Å². The largest absolute Gasteiger partial charge is 0.355 e. The number of hydrogen-bond donors (Lipinski definition) is 2. The number of hydrogen-bond acceptors (Lipinski definition) is 3. The maximum atomic E-state index is 4.38. The molecule has 1 heterocycles. The van der Waals surface area contributed by atoms with Crippen LogP contribution in [0.15, 0.2) is 78.0 Å². The van der Waals surface area contributed by atoms with Gasteiger partial charge in [-0.15, -0.1) is 0 Å². The Balaban J connectivity index is 1.49. The number of aromatic nitrogens is 2. The molecule has 6 heteroatoms. The molecule has 1 atom stereocenters. The normalized spacial score (nSPS) is 12.7. The maximum absolute atomic E-state index is 4.38. The number of benzene rings is 2. The highest BCUT2D eigenvalue weighted by Gasteiger charge is 2.11. The van der Waals surface area contributed by atoms with Crippen LogP contribution in [0.25, 0.3) is 0 Å². The van der Waals surface area contributed by atoms with Gasteiger partial charge >= 0.3 is 0 Å². The van der Waals surface area contributed by atoms with Crippen molar-refractivity contribution in [3.8, 4) is 0 Å². The van der Waals surface area contributed by atoms with Crippen molar-refractivity contribution in [1.29, 1.82) is 0 Å². The van der Waals surface area contributed by atoms with Crippen LogP contribution < -0.4 is 10.6 Å². The van der Waals surface area contributed by atoms with E-state index in [9.17, 15) is 0 Å². The third kappa shape index (κ3) is 6.46. The van der Waals surface area contributed by atoms with Crippen LogP contribution >= 0.6 is 0 Å². The van der Waals surface area contributed by atoms with Crippen molar-refractivity contribution in [2.45, 2.75) is 32.6 Å². The standard InChI is InChI=1S/C24H32N6/c1-20(29(3)18-21-10-5-4-6-11-21)16-26-24(25-2)27-17-22-12-7-8-13-23(22)19-30-15-9-14-28-30/h4-15,20H,16-19H2,1-3H3,(H2,25,26,27). The molecule has 1 unspecified atom stereocenters. The SMILES string of the molecule is CN=C(NCc1ccccc1Cn1cccn1)NCC(C)N(C)Cc1ccccc1. The highest BCUT2D eigenvalue weighted by molar-refractivity contribution is 5.79. The zero-order valence-corrected chi connectivity index (χ0v) is 18.1. The van der Waals surface area contributed by atoms with Crippen molar-refractivity contribution < 1.29 is 0 Å². The van der Waals surface area contributed by atoms with Crippen molar-refractivity contribution in [2.24, 2.45) is 4.99 Å². The minimum absolute atomic E-state index is 0.371. The van der Waals surface area contributed by atoms with Crippen LogP contribution in [0.3, 0.4) is 0 Å². The zero-order valence-electron chi connectivity index (χ0n) is 18.1. The van der Waals surface area contributed by atoms with Crippen LogP contribution in [0.1, 0.15) is 23.6 Å². The Morgan fingerprint density at radius 1 is 1.03 bits per heavy atom. The first-order chi connectivity index (χ1) is 14.7. The highest BCUT2D eigenvalue weighted by atomic mass is 15.3. The molecule has 158 valence electrons. The smallest absolute Gasteiger partial charge is 0.191 e. The Morgan fingerprint density at radius 3 is 2.47 bits per heavy atom. The molecule has 6 nitrogen and oxygen atoms in total. The summed E-state index contributed by atoms with van der Waals surface area (Å²) in [5.41, 5.74) is 3.81. The Labute approximate surface area is 179 Å². The third-order valence-electron chi connectivity index (χ3n) is 5.27. The predicted octanol–water partition coefficient (Wildman–Crippen LogP) is 3.12. The van der Waals surface area contributed by atoms with Gasteiger partial charge < -0.3 is 10.6 Å². The van der Waals surface area contributed by atoms with Crippen molar-refractivity contribution in [3.63, 3.8) is 0 Å². The number of nitrogens with zero attached hydrogens (tertiary/aromatic N) is 4. The summed E-state index contributed by atoms with van der Waals surface area (Å²) in [6.07, 6.45) is 3.79. The molecule has 1 aromatic heterocycles. The summed E-state index contributed by atoms with van der Waals surface area (Å²) < 4.78 is 1.94. The Bertz CT molecular complexity index is 904. The summed E-state index contributed by atoms with van der Waals surface area (Å²) in [6.45, 7) is 5.45. The second kappa shape index (κ2) is 11.2. The van der Waals surface area contributed by atoms with E-state index in [0.717, 1.165) is 25.6 Å². The van der Waals surface area contributed by atoms with Crippen LogP contribution in [0.5, 0.6) is 0 Å². The van der Waals surface area contributed by atoms with E-state index in [1.54, 1.807) is 0 Å². The summed E-state index contributed by atoms with van der Waals surface area (Å²) in [6, 6.07) is 21.3. The molecular weight excluding hydrogens is 372 g/mol. The van der Waals surface area contributed by atoms with Gasteiger partial charge in [-0.3, -0.25) is 14.6 Å². The first-order valence-corrected chi connectivity index (χ1v) is 10.4. The zero-order chi connectivity index (χ0) is 21.2. The second-order valence-electron chi connectivity index (χ2n) is 7.53. The van der Waals surface area contributed by atoms with Crippen molar-refractivity contribution in [1.82, 2.24) is 25.3 Å². The summed E-state index contributed by atoms with van der Waals surface area (Å²) in [5.74, 6) is 0.809. The first-order valence-electron chi connectivity index (χ1n) is 10.4. The monoisotopic (exact) mass is 404 g/mol. The summed E-state index contributed by atoms with van der Waals surface area (Å²) in [5, 5.41) is 11.2. The lowest BCUT2D eigenvalue weighted by atomic mass is 10.1. The van der Waals surface area contributed by atoms with Gasteiger partial charge in [0, 0.05) is 45.1 Å². The molecule has 3 rings (SSSR count). The molecule has 3 aromatic rings. The van der Waals surface area contributed by atoms with E-state index >= 15 is 0 Å². The maximum Gasteiger partial charge on any atom is 0.191 e. The molecular formula is C24H32N6. The Morgan fingerprint density at radius 2 is 1.77 bits per heavy atom. The molecule has 0 bridgehead atoms. The van der Waals surface area contributed by atoms with E-state index in [0.29, 0.717) is 12.6 Å². The number of likely N-dealkylation sites (N-methyl/N-ethyl adjacent to an activating group) is 1. The number of guanidine groups is 1. The number of rotatable bonds is 9. The molecule has 0 saturated carbocycles. The molecule has 0 fully saturated rings. The van der Waals surface area contributed by atoms with E-state index < -0.39 is 0 Å². The third-order valence-corrected chi connectivity index (χ3v) is 5.27. The molecule has 30 heavy (non-hydrogen) atoms. The van der Waals surface area contributed by atoms with Gasteiger partial charge in [-0.2, -0.15) is 5.10 Å². The lowest BCUT2D eigenvalue weighted by Gasteiger charge is -2.26. The van der Waals surface area contributed by atoms with Crippen LogP contribution in [0.4, 0.5) is 0 Å². The van der Waals surface area contributed by atoms with Gasteiger partial charge in [0.15, 0.2) is 5.96 Å². The summed E-state index contributed by atoms with van der Waals surface area (Å²) >= 11 is 0. The van der Waals surface area contributed by atoms with Gasteiger partial charge in [0.1, 0.15) is 0 Å². The summed E-state index contributed by atoms with van der Waals surface area (Å²) in [7, 11) is 3.96. The fourth-order valence-corrected chi connectivity index (χ4v) is 3.28. The average molecular weight is 405 g/mol. The molecule has 0 spiro atoms. The van der Waals surface area contributed by atoms with Crippen molar-refractivity contribution in [2.75, 3.05) is 20.6 Å². The summed E-state index contributed by atoms with van der Waals surface area (Å²) in [4.78, 5) is 6.72. The van der Waals surface area contributed by atoms with Crippen LogP contribution in [0.2, 0.25) is 0 Å². The molecule has 0 amide bonds. The minimum Gasteiger partial charge on any atom is -0.355 e. The molecule has 0 aliphatic carbocycles. The lowest BCUT2D eigenvalue weighted by molar-refractivity contribution is 0.249. The lowest BCUT2D eigenvalue weighted by Crippen LogP contribution is -2.44. The highest BCUT2D eigenvalue weighted by Crippen LogP contribution is 2.10. The van der Waals surface area contributed by atoms with Gasteiger partial charge in [0.25, 0.3) is 0 Å². The first kappa shape index (κ1) is 21.6.